The molecular formula is C9H9F3N2O4. The molecule has 0 aliphatic rings. The largest absolute Gasteiger partial charge is 0.468 e. The molecule has 6 nitrogen and oxygen atoms in total. The number of methoxy groups -OCH3 is 1. The molecule has 0 aliphatic heterocycles. The third kappa shape index (κ3) is 2.60. The van der Waals surface area contributed by atoms with Crippen LogP contribution in [0.5, 0.6) is 0 Å². The first-order chi connectivity index (χ1) is 8.18. The first kappa shape index (κ1) is 14.0. The van der Waals surface area contributed by atoms with Crippen LogP contribution in [-0.2, 0) is 29.3 Å². The second kappa shape index (κ2) is 4.67. The van der Waals surface area contributed by atoms with E-state index in [0.717, 1.165) is 14.2 Å². The molecule has 0 saturated carbocycles. The number of rotatable bonds is 2. The molecule has 0 radical (unpaired) electrons. The van der Waals surface area contributed by atoms with Gasteiger partial charge in [-0.05, 0) is 0 Å². The summed E-state index contributed by atoms with van der Waals surface area (Å²) in [6.07, 6.45) is -4.92. The molecule has 0 fully saturated rings. The Balaban J connectivity index is 3.55. The highest BCUT2D eigenvalue weighted by atomic mass is 19.4. The molecule has 0 saturated heterocycles. The summed E-state index contributed by atoms with van der Waals surface area (Å²) in [5.74, 6) is -1.03. The van der Waals surface area contributed by atoms with Crippen LogP contribution in [0.4, 0.5) is 13.2 Å². The highest BCUT2D eigenvalue weighted by Gasteiger charge is 2.36. The van der Waals surface area contributed by atoms with E-state index in [1.165, 1.54) is 0 Å². The molecule has 0 N–H and O–H groups in total. The number of halogens is 3. The van der Waals surface area contributed by atoms with E-state index in [4.69, 9.17) is 0 Å². The third-order valence-corrected chi connectivity index (χ3v) is 2.20. The fourth-order valence-corrected chi connectivity index (χ4v) is 1.25. The van der Waals surface area contributed by atoms with Crippen LogP contribution < -0.4 is 11.2 Å². The fourth-order valence-electron chi connectivity index (χ4n) is 1.25. The van der Waals surface area contributed by atoms with Gasteiger partial charge in [-0.3, -0.25) is 18.7 Å². The lowest BCUT2D eigenvalue weighted by atomic mass is 10.3. The summed E-state index contributed by atoms with van der Waals surface area (Å²) in [6, 6.07) is 0.254. The van der Waals surface area contributed by atoms with Gasteiger partial charge in [0, 0.05) is 13.1 Å². The van der Waals surface area contributed by atoms with Crippen molar-refractivity contribution < 1.29 is 22.7 Å². The molecule has 0 bridgehead atoms. The molecule has 0 aromatic carbocycles. The number of ether oxygens (including phenoxy) is 1. The van der Waals surface area contributed by atoms with Gasteiger partial charge >= 0.3 is 17.8 Å². The molecule has 0 unspecified atom stereocenters. The standard InChI is InChI=1S/C9H9F3N2O4/c1-13-6(15)3-5(9(10,11)12)14(8(13)17)4-7(16)18-2/h3H,4H2,1-2H3. The molecule has 9 heteroatoms. The van der Waals surface area contributed by atoms with Crippen LogP contribution in [0.15, 0.2) is 15.7 Å². The lowest BCUT2D eigenvalue weighted by Gasteiger charge is -2.14. The number of nitrogens with zero attached hydrogens (tertiary/aromatic N) is 2. The van der Waals surface area contributed by atoms with Gasteiger partial charge in [0.1, 0.15) is 12.2 Å². The molecule has 0 atom stereocenters. The lowest BCUT2D eigenvalue weighted by Crippen LogP contribution is -2.42. The predicted molar refractivity (Wildman–Crippen MR) is 53.0 cm³/mol. The molecule has 1 aromatic heterocycles. The monoisotopic (exact) mass is 266 g/mol. The molecule has 0 spiro atoms. The van der Waals surface area contributed by atoms with Gasteiger partial charge in [-0.25, -0.2) is 4.79 Å². The Kier molecular flexibility index (Phi) is 3.63. The number of aromatic nitrogens is 2. The smallest absolute Gasteiger partial charge is 0.431 e. The second-order valence-corrected chi connectivity index (χ2v) is 3.37. The average molecular weight is 266 g/mol. The maximum Gasteiger partial charge on any atom is 0.431 e. The summed E-state index contributed by atoms with van der Waals surface area (Å²) < 4.78 is 42.7. The maximum absolute atomic E-state index is 12.6. The topological polar surface area (TPSA) is 70.3 Å². The van der Waals surface area contributed by atoms with Gasteiger partial charge < -0.3 is 4.74 Å². The van der Waals surface area contributed by atoms with E-state index in [1.807, 2.05) is 0 Å². The Morgan fingerprint density at radius 1 is 1.39 bits per heavy atom. The molecular weight excluding hydrogens is 257 g/mol. The SMILES string of the molecule is COC(=O)Cn1c(C(F)(F)F)cc(=O)n(C)c1=O. The Morgan fingerprint density at radius 2 is 1.94 bits per heavy atom. The summed E-state index contributed by atoms with van der Waals surface area (Å²) >= 11 is 0. The number of hydrogen-bond donors (Lipinski definition) is 0. The van der Waals surface area contributed by atoms with Gasteiger partial charge in [0.05, 0.1) is 7.11 Å². The van der Waals surface area contributed by atoms with Gasteiger partial charge in [-0.2, -0.15) is 13.2 Å². The normalized spacial score (nSPS) is 11.4. The number of alkyl halides is 3. The summed E-state index contributed by atoms with van der Waals surface area (Å²) in [4.78, 5) is 33.6. The average Bonchev–Trinajstić information content (AvgIpc) is 2.27. The quantitative estimate of drug-likeness (QED) is 0.691. The van der Waals surface area contributed by atoms with Gasteiger partial charge in [0.2, 0.25) is 0 Å². The fraction of sp³-hybridized carbons (Fsp3) is 0.444. The minimum atomic E-state index is -4.92. The van der Waals surface area contributed by atoms with Crippen LogP contribution in [0.1, 0.15) is 5.69 Å². The van der Waals surface area contributed by atoms with Gasteiger partial charge in [0.25, 0.3) is 5.56 Å². The van der Waals surface area contributed by atoms with E-state index < -0.39 is 35.6 Å². The number of carbonyl (C=O) groups excluding carboxylic acids is 1. The number of esters is 1. The van der Waals surface area contributed by atoms with E-state index in [-0.39, 0.29) is 10.6 Å². The molecule has 1 rings (SSSR count). The molecule has 1 heterocycles. The van der Waals surface area contributed by atoms with Crippen LogP contribution in [-0.4, -0.2) is 22.2 Å². The van der Waals surface area contributed by atoms with E-state index in [1.54, 1.807) is 0 Å². The number of hydrogen-bond acceptors (Lipinski definition) is 4. The van der Waals surface area contributed by atoms with Gasteiger partial charge in [-0.1, -0.05) is 0 Å². The Morgan fingerprint density at radius 3 is 2.39 bits per heavy atom. The zero-order chi connectivity index (χ0) is 14.1. The van der Waals surface area contributed by atoms with Crippen molar-refractivity contribution in [2.45, 2.75) is 12.7 Å². The van der Waals surface area contributed by atoms with Crippen molar-refractivity contribution in [2.75, 3.05) is 7.11 Å². The van der Waals surface area contributed by atoms with E-state index in [2.05, 4.69) is 4.74 Å². The van der Waals surface area contributed by atoms with Crippen LogP contribution in [0, 0.1) is 0 Å². The van der Waals surface area contributed by atoms with Crippen molar-refractivity contribution in [3.63, 3.8) is 0 Å². The minimum Gasteiger partial charge on any atom is -0.468 e. The third-order valence-electron chi connectivity index (χ3n) is 2.20. The summed E-state index contributed by atoms with van der Waals surface area (Å²) in [7, 11) is 1.99. The van der Waals surface area contributed by atoms with E-state index in [0.29, 0.717) is 4.57 Å². The zero-order valence-electron chi connectivity index (χ0n) is 9.45. The van der Waals surface area contributed by atoms with Crippen molar-refractivity contribution in [3.8, 4) is 0 Å². The lowest BCUT2D eigenvalue weighted by molar-refractivity contribution is -0.148. The first-order valence-corrected chi connectivity index (χ1v) is 4.63. The number of carbonyl (C=O) groups is 1. The van der Waals surface area contributed by atoms with Crippen molar-refractivity contribution in [1.29, 1.82) is 0 Å². The molecule has 0 amide bonds. The van der Waals surface area contributed by atoms with Crippen LogP contribution >= 0.6 is 0 Å². The van der Waals surface area contributed by atoms with Gasteiger partial charge in [-0.15, -0.1) is 0 Å². The highest BCUT2D eigenvalue weighted by molar-refractivity contribution is 5.69. The summed E-state index contributed by atoms with van der Waals surface area (Å²) in [5.41, 5.74) is -3.82. The molecule has 0 aliphatic carbocycles. The van der Waals surface area contributed by atoms with Crippen LogP contribution in [0.25, 0.3) is 0 Å². The van der Waals surface area contributed by atoms with Crippen molar-refractivity contribution in [2.24, 2.45) is 7.05 Å². The minimum absolute atomic E-state index is 0.146. The van der Waals surface area contributed by atoms with Gasteiger partial charge in [0.15, 0.2) is 0 Å². The Bertz CT molecular complexity index is 585. The van der Waals surface area contributed by atoms with Crippen molar-refractivity contribution in [1.82, 2.24) is 9.13 Å². The Hall–Kier alpha value is -2.06. The van der Waals surface area contributed by atoms with E-state index in [9.17, 15) is 27.6 Å². The molecule has 18 heavy (non-hydrogen) atoms. The van der Waals surface area contributed by atoms with Crippen LogP contribution in [0.2, 0.25) is 0 Å². The Labute approximate surface area is 98.2 Å². The second-order valence-electron chi connectivity index (χ2n) is 3.37. The molecule has 100 valence electrons. The highest BCUT2D eigenvalue weighted by Crippen LogP contribution is 2.27. The van der Waals surface area contributed by atoms with Crippen LogP contribution in [0.3, 0.4) is 0 Å². The van der Waals surface area contributed by atoms with E-state index >= 15 is 0 Å². The summed E-state index contributed by atoms with van der Waals surface area (Å²) in [5, 5.41) is 0. The predicted octanol–water partition coefficient (Wildman–Crippen LogP) is -0.261. The zero-order valence-corrected chi connectivity index (χ0v) is 9.45. The van der Waals surface area contributed by atoms with Crippen molar-refractivity contribution in [3.05, 3.63) is 32.6 Å². The van der Waals surface area contributed by atoms with Crippen molar-refractivity contribution >= 4 is 5.97 Å². The maximum atomic E-state index is 12.6. The first-order valence-electron chi connectivity index (χ1n) is 4.63. The molecule has 1 aromatic rings. The summed E-state index contributed by atoms with van der Waals surface area (Å²) in [6.45, 7) is -0.918.